The Morgan fingerprint density at radius 1 is 1.24 bits per heavy atom. The van der Waals surface area contributed by atoms with E-state index in [1.54, 1.807) is 24.3 Å². The number of carbonyl (C=O) groups excluding carboxylic acids is 1. The minimum atomic E-state index is -3.40. The van der Waals surface area contributed by atoms with Crippen LogP contribution in [0, 0.1) is 0 Å². The SMILES string of the molecule is CCNC(=O)CCNc1ccc(S(=O)(=O)NC2CC2)cc1. The van der Waals surface area contributed by atoms with Gasteiger partial charge in [-0.25, -0.2) is 13.1 Å². The van der Waals surface area contributed by atoms with Gasteiger partial charge in [0.25, 0.3) is 0 Å². The van der Waals surface area contributed by atoms with Crippen LogP contribution in [0.2, 0.25) is 0 Å². The van der Waals surface area contributed by atoms with Crippen molar-refractivity contribution < 1.29 is 13.2 Å². The van der Waals surface area contributed by atoms with E-state index >= 15 is 0 Å². The van der Waals surface area contributed by atoms with Crippen LogP contribution in [0.5, 0.6) is 0 Å². The molecule has 0 unspecified atom stereocenters. The number of rotatable bonds is 8. The lowest BCUT2D eigenvalue weighted by Crippen LogP contribution is -2.25. The molecule has 0 aromatic heterocycles. The van der Waals surface area contributed by atoms with Crippen LogP contribution >= 0.6 is 0 Å². The maximum Gasteiger partial charge on any atom is 0.240 e. The van der Waals surface area contributed by atoms with Gasteiger partial charge in [-0.15, -0.1) is 0 Å². The number of amides is 1. The van der Waals surface area contributed by atoms with E-state index in [1.807, 2.05) is 6.92 Å². The van der Waals surface area contributed by atoms with Gasteiger partial charge in [0.05, 0.1) is 4.90 Å². The molecule has 1 amide bonds. The molecule has 3 N–H and O–H groups in total. The summed E-state index contributed by atoms with van der Waals surface area (Å²) in [5.41, 5.74) is 0.796. The van der Waals surface area contributed by atoms with Gasteiger partial charge in [0.1, 0.15) is 0 Å². The fourth-order valence-corrected chi connectivity index (χ4v) is 3.15. The van der Waals surface area contributed by atoms with E-state index in [2.05, 4.69) is 15.4 Å². The van der Waals surface area contributed by atoms with Crippen LogP contribution < -0.4 is 15.4 Å². The van der Waals surface area contributed by atoms with Crippen molar-refractivity contribution in [2.24, 2.45) is 0 Å². The van der Waals surface area contributed by atoms with Crippen molar-refractivity contribution in [1.82, 2.24) is 10.0 Å². The Morgan fingerprint density at radius 2 is 1.90 bits per heavy atom. The minimum Gasteiger partial charge on any atom is -0.385 e. The van der Waals surface area contributed by atoms with Crippen molar-refractivity contribution in [3.8, 4) is 0 Å². The minimum absolute atomic E-state index is 0.00201. The first-order chi connectivity index (χ1) is 10.0. The van der Waals surface area contributed by atoms with Gasteiger partial charge >= 0.3 is 0 Å². The zero-order valence-electron chi connectivity index (χ0n) is 12.1. The molecule has 1 saturated carbocycles. The number of hydrogen-bond acceptors (Lipinski definition) is 4. The second-order valence-electron chi connectivity index (χ2n) is 5.05. The second kappa shape index (κ2) is 6.91. The molecule has 0 heterocycles. The molecule has 1 aliphatic carbocycles. The van der Waals surface area contributed by atoms with E-state index in [9.17, 15) is 13.2 Å². The molecule has 116 valence electrons. The van der Waals surface area contributed by atoms with Crippen molar-refractivity contribution >= 4 is 21.6 Å². The van der Waals surface area contributed by atoms with Crippen LogP contribution in [0.15, 0.2) is 29.2 Å². The predicted octanol–water partition coefficient (Wildman–Crippen LogP) is 1.07. The quantitative estimate of drug-likeness (QED) is 0.670. The lowest BCUT2D eigenvalue weighted by molar-refractivity contribution is -0.120. The molecule has 0 aliphatic heterocycles. The molecule has 1 aromatic carbocycles. The van der Waals surface area contributed by atoms with Gasteiger partial charge in [0.15, 0.2) is 0 Å². The molecule has 7 heteroatoms. The molecule has 21 heavy (non-hydrogen) atoms. The summed E-state index contributed by atoms with van der Waals surface area (Å²) >= 11 is 0. The van der Waals surface area contributed by atoms with Gasteiger partial charge in [-0.3, -0.25) is 4.79 Å². The summed E-state index contributed by atoms with van der Waals surface area (Å²) in [7, 11) is -3.40. The van der Waals surface area contributed by atoms with Crippen molar-refractivity contribution in [2.45, 2.75) is 37.1 Å². The molecular weight excluding hydrogens is 290 g/mol. The maximum absolute atomic E-state index is 12.0. The number of carbonyl (C=O) groups is 1. The lowest BCUT2D eigenvalue weighted by atomic mass is 10.3. The normalized spacial score (nSPS) is 14.7. The molecule has 6 nitrogen and oxygen atoms in total. The van der Waals surface area contributed by atoms with E-state index in [0.29, 0.717) is 19.5 Å². The Kier molecular flexibility index (Phi) is 5.19. The van der Waals surface area contributed by atoms with E-state index in [-0.39, 0.29) is 16.8 Å². The van der Waals surface area contributed by atoms with Gasteiger partial charge in [-0.1, -0.05) is 0 Å². The summed E-state index contributed by atoms with van der Waals surface area (Å²) in [5.74, 6) is -0.00201. The molecule has 0 atom stereocenters. The van der Waals surface area contributed by atoms with Crippen LogP contribution in [-0.2, 0) is 14.8 Å². The molecule has 2 rings (SSSR count). The van der Waals surface area contributed by atoms with Gasteiger partial charge in [0.2, 0.25) is 15.9 Å². The first kappa shape index (κ1) is 15.8. The maximum atomic E-state index is 12.0. The molecule has 0 saturated heterocycles. The standard InChI is InChI=1S/C14H21N3O3S/c1-2-15-14(18)9-10-16-11-5-7-13(8-6-11)21(19,20)17-12-3-4-12/h5-8,12,16-17H,2-4,9-10H2,1H3,(H,15,18). The number of sulfonamides is 1. The summed E-state index contributed by atoms with van der Waals surface area (Å²) in [4.78, 5) is 11.6. The highest BCUT2D eigenvalue weighted by molar-refractivity contribution is 7.89. The lowest BCUT2D eigenvalue weighted by Gasteiger charge is -2.08. The molecule has 1 fully saturated rings. The number of hydrogen-bond donors (Lipinski definition) is 3. The Bertz CT molecular complexity index is 580. The second-order valence-corrected chi connectivity index (χ2v) is 6.76. The molecule has 0 bridgehead atoms. The third-order valence-corrected chi connectivity index (χ3v) is 4.66. The smallest absolute Gasteiger partial charge is 0.240 e. The Balaban J connectivity index is 1.85. The average Bonchev–Trinajstić information content (AvgIpc) is 3.23. The van der Waals surface area contributed by atoms with E-state index in [4.69, 9.17) is 0 Å². The van der Waals surface area contributed by atoms with E-state index < -0.39 is 10.0 Å². The van der Waals surface area contributed by atoms with Crippen molar-refractivity contribution in [1.29, 1.82) is 0 Å². The van der Waals surface area contributed by atoms with Crippen molar-refractivity contribution in [3.63, 3.8) is 0 Å². The molecular formula is C14H21N3O3S. The molecule has 0 spiro atoms. The zero-order valence-corrected chi connectivity index (χ0v) is 12.9. The molecule has 1 aliphatic rings. The highest BCUT2D eigenvalue weighted by Gasteiger charge is 2.27. The topological polar surface area (TPSA) is 87.3 Å². The first-order valence-corrected chi connectivity index (χ1v) is 8.62. The largest absolute Gasteiger partial charge is 0.385 e. The number of benzene rings is 1. The van der Waals surface area contributed by atoms with Crippen molar-refractivity contribution in [3.05, 3.63) is 24.3 Å². The van der Waals surface area contributed by atoms with Gasteiger partial charge in [0, 0.05) is 31.2 Å². The van der Waals surface area contributed by atoms with E-state index in [0.717, 1.165) is 18.5 Å². The zero-order chi connectivity index (χ0) is 15.3. The van der Waals surface area contributed by atoms with Gasteiger partial charge in [-0.05, 0) is 44.0 Å². The summed E-state index contributed by atoms with van der Waals surface area (Å²) in [6, 6.07) is 6.65. The summed E-state index contributed by atoms with van der Waals surface area (Å²) in [6.07, 6.45) is 2.22. The van der Waals surface area contributed by atoms with Crippen molar-refractivity contribution in [2.75, 3.05) is 18.4 Å². The third kappa shape index (κ3) is 5.02. The van der Waals surface area contributed by atoms with Gasteiger partial charge < -0.3 is 10.6 Å². The summed E-state index contributed by atoms with van der Waals surface area (Å²) in [5, 5.41) is 5.81. The summed E-state index contributed by atoms with van der Waals surface area (Å²) in [6.45, 7) is 3.01. The number of nitrogens with one attached hydrogen (secondary N) is 3. The van der Waals surface area contributed by atoms with Crippen LogP contribution in [0.4, 0.5) is 5.69 Å². The highest BCUT2D eigenvalue weighted by atomic mass is 32.2. The highest BCUT2D eigenvalue weighted by Crippen LogP contribution is 2.22. The van der Waals surface area contributed by atoms with Crippen LogP contribution in [0.1, 0.15) is 26.2 Å². The van der Waals surface area contributed by atoms with Crippen LogP contribution in [0.25, 0.3) is 0 Å². The molecule has 1 aromatic rings. The fourth-order valence-electron chi connectivity index (χ4n) is 1.85. The fraction of sp³-hybridized carbons (Fsp3) is 0.500. The van der Waals surface area contributed by atoms with E-state index in [1.165, 1.54) is 0 Å². The Labute approximate surface area is 125 Å². The molecule has 0 radical (unpaired) electrons. The monoisotopic (exact) mass is 311 g/mol. The Hall–Kier alpha value is -1.60. The third-order valence-electron chi connectivity index (χ3n) is 3.12. The van der Waals surface area contributed by atoms with Crippen LogP contribution in [0.3, 0.4) is 0 Å². The average molecular weight is 311 g/mol. The number of anilines is 1. The predicted molar refractivity (Wildman–Crippen MR) is 81.6 cm³/mol. The Morgan fingerprint density at radius 3 is 2.48 bits per heavy atom. The van der Waals surface area contributed by atoms with Crippen LogP contribution in [-0.4, -0.2) is 33.5 Å². The summed E-state index contributed by atoms with van der Waals surface area (Å²) < 4.78 is 26.6. The van der Waals surface area contributed by atoms with Gasteiger partial charge in [-0.2, -0.15) is 0 Å². The first-order valence-electron chi connectivity index (χ1n) is 7.14.